The summed E-state index contributed by atoms with van der Waals surface area (Å²) < 4.78 is 39.3. The summed E-state index contributed by atoms with van der Waals surface area (Å²) in [5.74, 6) is -5.02. The minimum Gasteiger partial charge on any atom is -0.395 e. The molecule has 0 aromatic heterocycles. The highest BCUT2D eigenvalue weighted by Gasteiger charge is 2.24. The molecule has 0 saturated carbocycles. The minimum absolute atomic E-state index is 0.0613. The van der Waals surface area contributed by atoms with Crippen molar-refractivity contribution in [2.75, 3.05) is 13.2 Å². The Labute approximate surface area is 116 Å². The first-order valence-electron chi connectivity index (χ1n) is 6.52. The van der Waals surface area contributed by atoms with E-state index in [2.05, 4.69) is 0 Å². The molecule has 3 nitrogen and oxygen atoms in total. The van der Waals surface area contributed by atoms with Crippen molar-refractivity contribution in [1.82, 2.24) is 4.90 Å². The fourth-order valence-electron chi connectivity index (χ4n) is 2.13. The van der Waals surface area contributed by atoms with Gasteiger partial charge in [-0.25, -0.2) is 13.2 Å². The number of halogens is 3. The van der Waals surface area contributed by atoms with Gasteiger partial charge in [0.25, 0.3) is 5.91 Å². The molecule has 6 heteroatoms. The smallest absolute Gasteiger partial charge is 0.254 e. The molecule has 112 valence electrons. The normalized spacial score (nSPS) is 10.9. The molecule has 1 rings (SSSR count). The maximum atomic E-state index is 13.2. The van der Waals surface area contributed by atoms with Crippen molar-refractivity contribution in [1.29, 1.82) is 0 Å². The van der Waals surface area contributed by atoms with Crippen LogP contribution in [0.25, 0.3) is 0 Å². The molecule has 20 heavy (non-hydrogen) atoms. The van der Waals surface area contributed by atoms with E-state index >= 15 is 0 Å². The Morgan fingerprint density at radius 2 is 1.70 bits per heavy atom. The largest absolute Gasteiger partial charge is 0.395 e. The van der Waals surface area contributed by atoms with E-state index in [-0.39, 0.29) is 24.8 Å². The second kappa shape index (κ2) is 7.28. The van der Waals surface area contributed by atoms with Gasteiger partial charge in [0.1, 0.15) is 0 Å². The molecule has 0 radical (unpaired) electrons. The Hall–Kier alpha value is -1.56. The van der Waals surface area contributed by atoms with Gasteiger partial charge in [-0.1, -0.05) is 13.8 Å². The van der Waals surface area contributed by atoms with Crippen LogP contribution >= 0.6 is 0 Å². The number of carbonyl (C=O) groups is 1. The molecule has 0 bridgehead atoms. The van der Waals surface area contributed by atoms with Gasteiger partial charge in [-0.2, -0.15) is 0 Å². The number of aliphatic hydroxyl groups excluding tert-OH is 1. The third kappa shape index (κ3) is 3.50. The van der Waals surface area contributed by atoms with E-state index in [0.717, 1.165) is 0 Å². The zero-order valence-electron chi connectivity index (χ0n) is 11.5. The third-order valence-corrected chi connectivity index (χ3v) is 3.22. The molecule has 0 unspecified atom stereocenters. The van der Waals surface area contributed by atoms with Crippen LogP contribution in [0.4, 0.5) is 13.2 Å². The standard InChI is InChI=1S/C14H18F3NO2/c1-3-10(4-2)18(5-6-19)14(20)9-7-11(15)13(17)12(16)8-9/h7-8,10,19H,3-6H2,1-2H3. The maximum Gasteiger partial charge on any atom is 0.254 e. The van der Waals surface area contributed by atoms with Crippen molar-refractivity contribution < 1.29 is 23.1 Å². The molecule has 0 fully saturated rings. The van der Waals surface area contributed by atoms with Gasteiger partial charge in [0, 0.05) is 18.2 Å². The molecular weight excluding hydrogens is 271 g/mol. The number of amides is 1. The van der Waals surface area contributed by atoms with Crippen molar-refractivity contribution in [2.45, 2.75) is 32.7 Å². The van der Waals surface area contributed by atoms with Crippen LogP contribution in [0.2, 0.25) is 0 Å². The predicted molar refractivity (Wildman–Crippen MR) is 68.8 cm³/mol. The fraction of sp³-hybridized carbons (Fsp3) is 0.500. The van der Waals surface area contributed by atoms with Gasteiger partial charge in [-0.3, -0.25) is 4.79 Å². The van der Waals surface area contributed by atoms with E-state index in [0.29, 0.717) is 25.0 Å². The van der Waals surface area contributed by atoms with E-state index in [1.807, 2.05) is 13.8 Å². The quantitative estimate of drug-likeness (QED) is 0.818. The molecule has 0 aliphatic carbocycles. The van der Waals surface area contributed by atoms with Crippen molar-refractivity contribution in [3.8, 4) is 0 Å². The number of hydrogen-bond donors (Lipinski definition) is 1. The average Bonchev–Trinajstić information content (AvgIpc) is 2.43. The molecule has 0 saturated heterocycles. The van der Waals surface area contributed by atoms with E-state index in [1.54, 1.807) is 0 Å². The highest BCUT2D eigenvalue weighted by molar-refractivity contribution is 5.94. The Balaban J connectivity index is 3.12. The lowest BCUT2D eigenvalue weighted by molar-refractivity contribution is 0.0621. The highest BCUT2D eigenvalue weighted by atomic mass is 19.2. The predicted octanol–water partition coefficient (Wildman–Crippen LogP) is 2.73. The van der Waals surface area contributed by atoms with Crippen molar-refractivity contribution in [2.24, 2.45) is 0 Å². The number of hydrogen-bond acceptors (Lipinski definition) is 2. The van der Waals surface area contributed by atoms with E-state index in [4.69, 9.17) is 5.11 Å². The topological polar surface area (TPSA) is 40.5 Å². The first kappa shape index (κ1) is 16.5. The summed E-state index contributed by atoms with van der Waals surface area (Å²) in [5, 5.41) is 9.02. The summed E-state index contributed by atoms with van der Waals surface area (Å²) in [6, 6.07) is 1.20. The number of benzene rings is 1. The van der Waals surface area contributed by atoms with E-state index in [9.17, 15) is 18.0 Å². The van der Waals surface area contributed by atoms with Gasteiger partial charge in [0.15, 0.2) is 17.5 Å². The fourth-order valence-corrected chi connectivity index (χ4v) is 2.13. The third-order valence-electron chi connectivity index (χ3n) is 3.22. The molecule has 1 N–H and O–H groups in total. The van der Waals surface area contributed by atoms with Crippen LogP contribution in [-0.4, -0.2) is 35.1 Å². The zero-order valence-corrected chi connectivity index (χ0v) is 11.5. The Morgan fingerprint density at radius 1 is 1.20 bits per heavy atom. The van der Waals surface area contributed by atoms with Crippen LogP contribution in [0.3, 0.4) is 0 Å². The average molecular weight is 289 g/mol. The van der Waals surface area contributed by atoms with Crippen molar-refractivity contribution in [3.63, 3.8) is 0 Å². The summed E-state index contributed by atoms with van der Waals surface area (Å²) in [5.41, 5.74) is -0.262. The lowest BCUT2D eigenvalue weighted by atomic mass is 10.1. The maximum absolute atomic E-state index is 13.2. The molecule has 0 aliphatic heterocycles. The van der Waals surface area contributed by atoms with Crippen LogP contribution in [0.15, 0.2) is 12.1 Å². The Bertz CT molecular complexity index is 452. The summed E-state index contributed by atoms with van der Waals surface area (Å²) in [6.07, 6.45) is 1.29. The summed E-state index contributed by atoms with van der Waals surface area (Å²) in [4.78, 5) is 13.6. The van der Waals surface area contributed by atoms with Crippen LogP contribution in [-0.2, 0) is 0 Å². The molecule has 0 atom stereocenters. The lowest BCUT2D eigenvalue weighted by Crippen LogP contribution is -2.41. The molecule has 1 aromatic rings. The molecule has 1 aromatic carbocycles. The number of nitrogens with zero attached hydrogens (tertiary/aromatic N) is 1. The summed E-state index contributed by atoms with van der Waals surface area (Å²) in [6.45, 7) is 3.55. The van der Waals surface area contributed by atoms with Gasteiger partial charge in [-0.15, -0.1) is 0 Å². The van der Waals surface area contributed by atoms with Crippen LogP contribution in [0.1, 0.15) is 37.0 Å². The van der Waals surface area contributed by atoms with Crippen LogP contribution in [0, 0.1) is 17.5 Å². The van der Waals surface area contributed by atoms with E-state index in [1.165, 1.54) is 4.90 Å². The lowest BCUT2D eigenvalue weighted by Gasteiger charge is -2.30. The zero-order chi connectivity index (χ0) is 15.3. The van der Waals surface area contributed by atoms with Gasteiger partial charge in [0.2, 0.25) is 0 Å². The summed E-state index contributed by atoms with van der Waals surface area (Å²) in [7, 11) is 0. The van der Waals surface area contributed by atoms with Crippen LogP contribution in [0.5, 0.6) is 0 Å². The molecular formula is C14H18F3NO2. The first-order chi connectivity index (χ1) is 9.46. The second-order valence-electron chi connectivity index (χ2n) is 4.45. The monoisotopic (exact) mass is 289 g/mol. The Morgan fingerprint density at radius 3 is 2.10 bits per heavy atom. The second-order valence-corrected chi connectivity index (χ2v) is 4.45. The minimum atomic E-state index is -1.60. The molecule has 0 aliphatic rings. The van der Waals surface area contributed by atoms with Gasteiger partial charge < -0.3 is 10.0 Å². The van der Waals surface area contributed by atoms with Crippen molar-refractivity contribution >= 4 is 5.91 Å². The number of aliphatic hydroxyl groups is 1. The molecule has 0 spiro atoms. The first-order valence-corrected chi connectivity index (χ1v) is 6.52. The SMILES string of the molecule is CCC(CC)N(CCO)C(=O)c1cc(F)c(F)c(F)c1. The Kier molecular flexibility index (Phi) is 6.01. The molecule has 1 amide bonds. The highest BCUT2D eigenvalue weighted by Crippen LogP contribution is 2.18. The number of carbonyl (C=O) groups excluding carboxylic acids is 1. The van der Waals surface area contributed by atoms with Crippen molar-refractivity contribution in [3.05, 3.63) is 35.1 Å². The van der Waals surface area contributed by atoms with Gasteiger partial charge in [0.05, 0.1) is 6.61 Å². The van der Waals surface area contributed by atoms with Gasteiger partial charge in [-0.05, 0) is 25.0 Å². The van der Waals surface area contributed by atoms with Crippen LogP contribution < -0.4 is 0 Å². The van der Waals surface area contributed by atoms with Gasteiger partial charge >= 0.3 is 0 Å². The summed E-state index contributed by atoms with van der Waals surface area (Å²) >= 11 is 0. The van der Waals surface area contributed by atoms with E-state index < -0.39 is 23.4 Å². The molecule has 0 heterocycles. The number of rotatable bonds is 6.